The zero-order valence-electron chi connectivity index (χ0n) is 24.8. The summed E-state index contributed by atoms with van der Waals surface area (Å²) in [7, 11) is 0. The number of fused-ring (bicyclic) bond motifs is 2. The van der Waals surface area contributed by atoms with E-state index in [1.807, 2.05) is 12.1 Å². The molecule has 11 nitrogen and oxygen atoms in total. The molecule has 3 atom stereocenters. The molecule has 1 aliphatic heterocycles. The molecule has 0 bridgehead atoms. The maximum Gasteiger partial charge on any atom is 0.248 e. The average molecular weight is 646 g/mol. The van der Waals surface area contributed by atoms with Crippen molar-refractivity contribution in [3.63, 3.8) is 0 Å². The number of nitrogens with zero attached hydrogens (tertiary/aromatic N) is 7. The van der Waals surface area contributed by atoms with Gasteiger partial charge in [0.05, 0.1) is 17.4 Å². The number of anilines is 1. The molecule has 1 saturated carbocycles. The Kier molecular flexibility index (Phi) is 7.35. The molecular weight excluding hydrogens is 612 g/mol. The van der Waals surface area contributed by atoms with Crippen LogP contribution in [0.5, 0.6) is 0 Å². The second-order valence-corrected chi connectivity index (χ2v) is 13.1. The minimum absolute atomic E-state index is 0.0262. The Morgan fingerprint density at radius 2 is 1.86 bits per heavy atom. The Morgan fingerprint density at radius 3 is 2.56 bits per heavy atom. The highest BCUT2D eigenvalue weighted by Crippen LogP contribution is 2.59. The first-order chi connectivity index (χ1) is 20.4. The van der Waals surface area contributed by atoms with Gasteiger partial charge in [-0.3, -0.25) is 24.0 Å². The lowest BCUT2D eigenvalue weighted by atomic mass is 10.0. The second-order valence-electron chi connectivity index (χ2n) is 12.3. The lowest BCUT2D eigenvalue weighted by molar-refractivity contribution is -0.138. The quantitative estimate of drug-likeness (QED) is 0.214. The molecule has 1 aliphatic carbocycles. The van der Waals surface area contributed by atoms with E-state index in [0.29, 0.717) is 50.7 Å². The number of rotatable bonds is 8. The smallest absolute Gasteiger partial charge is 0.248 e. The molecule has 4 aromatic rings. The van der Waals surface area contributed by atoms with Gasteiger partial charge in [-0.25, -0.2) is 15.0 Å². The fourth-order valence-electron chi connectivity index (χ4n) is 6.08. The van der Waals surface area contributed by atoms with Crippen molar-refractivity contribution in [2.45, 2.75) is 72.5 Å². The van der Waals surface area contributed by atoms with Crippen molar-refractivity contribution in [1.82, 2.24) is 34.6 Å². The minimum Gasteiger partial charge on any atom is -0.325 e. The van der Waals surface area contributed by atoms with Gasteiger partial charge in [0.2, 0.25) is 11.8 Å². The molecule has 0 unspecified atom stereocenters. The predicted octanol–water partition coefficient (Wildman–Crippen LogP) is 4.77. The van der Waals surface area contributed by atoms with E-state index in [1.54, 1.807) is 36.5 Å². The Balaban J connectivity index is 1.27. The first-order valence-electron chi connectivity index (χ1n) is 14.4. The largest absolute Gasteiger partial charge is 0.325 e. The summed E-state index contributed by atoms with van der Waals surface area (Å²) in [4.78, 5) is 59.4. The number of piperidine rings is 1. The number of halogens is 1. The molecule has 5 heterocycles. The standard InChI is InChI=1S/C31H33BrN8O3/c1-16(2)8-19-6-7-26(32)36-29(19)37-30(43)23-10-31(5)11-25(31)40(23)27(42)15-39-24-14-35-22(20-12-33-18(4)34-13-20)9-21(24)28(38-39)17(3)41/h6-7,9,12-14,16,23,25H,8,10-11,15H2,1-5H3,(H,36,37,43)/t23-,25+,31-/m0/s1. The number of amides is 2. The molecule has 2 aliphatic rings. The SMILES string of the molecule is CC(=O)c1nn(CC(=O)N2[C@H](C(=O)Nc3nc(Br)ccc3CC(C)C)C[C@@]3(C)C[C@@H]23)c2cnc(-c3cnc(C)nc3)cc12. The summed E-state index contributed by atoms with van der Waals surface area (Å²) in [6, 6.07) is 4.94. The molecular formula is C31H33BrN8O3. The third kappa shape index (κ3) is 5.55. The van der Waals surface area contributed by atoms with Gasteiger partial charge in [-0.05, 0) is 71.1 Å². The minimum atomic E-state index is -0.635. The van der Waals surface area contributed by atoms with Crippen LogP contribution in [0.4, 0.5) is 5.82 Å². The van der Waals surface area contributed by atoms with Gasteiger partial charge in [0.15, 0.2) is 5.78 Å². The summed E-state index contributed by atoms with van der Waals surface area (Å²) >= 11 is 3.41. The maximum atomic E-state index is 13.9. The van der Waals surface area contributed by atoms with Crippen LogP contribution in [0.1, 0.15) is 62.4 Å². The van der Waals surface area contributed by atoms with Gasteiger partial charge in [-0.2, -0.15) is 5.10 Å². The third-order valence-electron chi connectivity index (χ3n) is 8.37. The van der Waals surface area contributed by atoms with Crippen molar-refractivity contribution >= 4 is 50.2 Å². The highest BCUT2D eigenvalue weighted by atomic mass is 79.9. The van der Waals surface area contributed by atoms with Gasteiger partial charge in [-0.15, -0.1) is 0 Å². The van der Waals surface area contributed by atoms with Crippen LogP contribution in [0.3, 0.4) is 0 Å². The summed E-state index contributed by atoms with van der Waals surface area (Å²) in [5, 5.41) is 8.14. The molecule has 12 heteroatoms. The number of nitrogens with one attached hydrogen (secondary N) is 1. The molecule has 1 saturated heterocycles. The van der Waals surface area contributed by atoms with E-state index in [9.17, 15) is 14.4 Å². The van der Waals surface area contributed by atoms with Crippen molar-refractivity contribution in [2.75, 3.05) is 5.32 Å². The Bertz CT molecular complexity index is 1770. The first-order valence-corrected chi connectivity index (χ1v) is 15.2. The van der Waals surface area contributed by atoms with Crippen LogP contribution in [0.25, 0.3) is 22.2 Å². The van der Waals surface area contributed by atoms with Crippen molar-refractivity contribution < 1.29 is 14.4 Å². The van der Waals surface area contributed by atoms with E-state index < -0.39 is 6.04 Å². The number of likely N-dealkylation sites (tertiary alicyclic amines) is 1. The van der Waals surface area contributed by atoms with Crippen LogP contribution in [0.15, 0.2) is 41.4 Å². The Morgan fingerprint density at radius 1 is 1.12 bits per heavy atom. The van der Waals surface area contributed by atoms with E-state index in [2.05, 4.69) is 67.1 Å². The molecule has 2 fully saturated rings. The van der Waals surface area contributed by atoms with Crippen LogP contribution in [0, 0.1) is 18.3 Å². The number of aromatic nitrogens is 6. The number of hydrogen-bond acceptors (Lipinski definition) is 8. The van der Waals surface area contributed by atoms with Crippen molar-refractivity contribution in [3.05, 3.63) is 58.5 Å². The number of ketones is 1. The molecule has 4 aromatic heterocycles. The van der Waals surface area contributed by atoms with Crippen LogP contribution < -0.4 is 5.32 Å². The molecule has 6 rings (SSSR count). The number of hydrogen-bond donors (Lipinski definition) is 1. The Hall–Kier alpha value is -4.06. The van der Waals surface area contributed by atoms with Gasteiger partial charge < -0.3 is 10.2 Å². The first kappa shape index (κ1) is 29.0. The molecule has 0 aromatic carbocycles. The van der Waals surface area contributed by atoms with Gasteiger partial charge in [-0.1, -0.05) is 26.8 Å². The highest BCUT2D eigenvalue weighted by Gasteiger charge is 2.64. The van der Waals surface area contributed by atoms with Crippen LogP contribution >= 0.6 is 15.9 Å². The maximum absolute atomic E-state index is 13.9. The zero-order chi connectivity index (χ0) is 30.6. The molecule has 2 amide bonds. The molecule has 0 spiro atoms. The third-order valence-corrected chi connectivity index (χ3v) is 8.81. The number of pyridine rings is 2. The van der Waals surface area contributed by atoms with E-state index in [-0.39, 0.29) is 41.3 Å². The number of carbonyl (C=O) groups excluding carboxylic acids is 3. The second kappa shape index (κ2) is 10.9. The summed E-state index contributed by atoms with van der Waals surface area (Å²) in [6.07, 6.45) is 7.16. The molecule has 43 heavy (non-hydrogen) atoms. The summed E-state index contributed by atoms with van der Waals surface area (Å²) in [5.74, 6) is 0.835. The van der Waals surface area contributed by atoms with E-state index >= 15 is 0 Å². The number of aryl methyl sites for hydroxylation is 1. The van der Waals surface area contributed by atoms with Crippen molar-refractivity contribution in [2.24, 2.45) is 11.3 Å². The van der Waals surface area contributed by atoms with Gasteiger partial charge in [0.25, 0.3) is 0 Å². The van der Waals surface area contributed by atoms with Crippen molar-refractivity contribution in [1.29, 1.82) is 0 Å². The fraction of sp³-hybridized carbons (Fsp3) is 0.419. The highest BCUT2D eigenvalue weighted by molar-refractivity contribution is 9.10. The number of Topliss-reactive ketones (excluding diaryl/α,β-unsaturated/α-hetero) is 1. The zero-order valence-corrected chi connectivity index (χ0v) is 26.3. The summed E-state index contributed by atoms with van der Waals surface area (Å²) in [5.41, 5.74) is 2.97. The van der Waals surface area contributed by atoms with Crippen LogP contribution in [0.2, 0.25) is 0 Å². The lowest BCUT2D eigenvalue weighted by Gasteiger charge is -2.27. The van der Waals surface area contributed by atoms with Gasteiger partial charge in [0.1, 0.15) is 34.5 Å². The molecule has 1 N–H and O–H groups in total. The van der Waals surface area contributed by atoms with Gasteiger partial charge >= 0.3 is 0 Å². The van der Waals surface area contributed by atoms with Crippen LogP contribution in [-0.2, 0) is 22.6 Å². The molecule has 222 valence electrons. The Labute approximate surface area is 257 Å². The normalized spacial score (nSPS) is 20.9. The fourth-order valence-corrected chi connectivity index (χ4v) is 6.39. The monoisotopic (exact) mass is 644 g/mol. The van der Waals surface area contributed by atoms with Crippen LogP contribution in [-0.4, -0.2) is 64.3 Å². The summed E-state index contributed by atoms with van der Waals surface area (Å²) < 4.78 is 2.14. The van der Waals surface area contributed by atoms with E-state index in [0.717, 1.165) is 18.4 Å². The topological polar surface area (TPSA) is 136 Å². The lowest BCUT2D eigenvalue weighted by Crippen LogP contribution is -2.47. The van der Waals surface area contributed by atoms with E-state index in [4.69, 9.17) is 0 Å². The van der Waals surface area contributed by atoms with Crippen molar-refractivity contribution in [3.8, 4) is 11.3 Å². The molecule has 0 radical (unpaired) electrons. The summed E-state index contributed by atoms with van der Waals surface area (Å²) in [6.45, 7) is 9.47. The average Bonchev–Trinajstić information content (AvgIpc) is 3.32. The number of carbonyl (C=O) groups is 3. The predicted molar refractivity (Wildman–Crippen MR) is 164 cm³/mol. The van der Waals surface area contributed by atoms with E-state index in [1.165, 1.54) is 11.6 Å². The van der Waals surface area contributed by atoms with Gasteiger partial charge in [0, 0.05) is 36.3 Å².